The zero-order valence-corrected chi connectivity index (χ0v) is 8.55. The third-order valence-corrected chi connectivity index (χ3v) is 2.84. The van der Waals surface area contributed by atoms with Crippen LogP contribution in [0.3, 0.4) is 0 Å². The van der Waals surface area contributed by atoms with Crippen LogP contribution in [0.4, 0.5) is 0 Å². The molecule has 1 rings (SSSR count). The number of nitrogens with zero attached hydrogens (tertiary/aromatic N) is 2. The highest BCUT2D eigenvalue weighted by atomic mass is 32.1. The quantitative estimate of drug-likeness (QED) is 0.393. The number of hydrogen-bond acceptors (Lipinski definition) is 3. The van der Waals surface area contributed by atoms with Gasteiger partial charge < -0.3 is 4.90 Å². The lowest BCUT2D eigenvalue weighted by Crippen LogP contribution is -2.39. The molecule has 0 bridgehead atoms. The molecule has 1 saturated heterocycles. The first kappa shape index (κ1) is 10.4. The van der Waals surface area contributed by atoms with E-state index in [1.165, 1.54) is 0 Å². The van der Waals surface area contributed by atoms with Gasteiger partial charge in [-0.1, -0.05) is 12.2 Å². The summed E-state index contributed by atoms with van der Waals surface area (Å²) in [5.74, 6) is 0.158. The summed E-state index contributed by atoms with van der Waals surface area (Å²) in [4.78, 5) is 13.0. The molecule has 13 heavy (non-hydrogen) atoms. The van der Waals surface area contributed by atoms with Crippen LogP contribution in [0.1, 0.15) is 19.8 Å². The van der Waals surface area contributed by atoms with Crippen molar-refractivity contribution < 1.29 is 4.92 Å². The van der Waals surface area contributed by atoms with E-state index in [0.29, 0.717) is 6.42 Å². The topological polar surface area (TPSA) is 46.4 Å². The zero-order chi connectivity index (χ0) is 9.84. The van der Waals surface area contributed by atoms with Gasteiger partial charge in [0.1, 0.15) is 0 Å². The molecule has 0 saturated carbocycles. The minimum absolute atomic E-state index is 0.0672. The molecule has 0 radical (unpaired) electrons. The van der Waals surface area contributed by atoms with Crippen molar-refractivity contribution in [3.8, 4) is 0 Å². The maximum Gasteiger partial charge on any atom is 0.207 e. The summed E-state index contributed by atoms with van der Waals surface area (Å²) in [6, 6.07) is 0. The first-order chi connectivity index (χ1) is 6.13. The van der Waals surface area contributed by atoms with Crippen molar-refractivity contribution >= 4 is 17.2 Å². The Kier molecular flexibility index (Phi) is 3.59. The van der Waals surface area contributed by atoms with Gasteiger partial charge in [-0.15, -0.1) is 0 Å². The zero-order valence-electron chi connectivity index (χ0n) is 7.73. The minimum atomic E-state index is -0.241. The van der Waals surface area contributed by atoms with Crippen molar-refractivity contribution in [3.63, 3.8) is 0 Å². The summed E-state index contributed by atoms with van der Waals surface area (Å²) < 4.78 is 0. The van der Waals surface area contributed by atoms with Gasteiger partial charge >= 0.3 is 0 Å². The normalized spacial score (nSPS) is 23.3. The second kappa shape index (κ2) is 4.50. The fourth-order valence-electron chi connectivity index (χ4n) is 1.64. The lowest BCUT2D eigenvalue weighted by molar-refractivity contribution is -0.488. The summed E-state index contributed by atoms with van der Waals surface area (Å²) in [5.41, 5.74) is 0. The van der Waals surface area contributed by atoms with E-state index in [4.69, 9.17) is 12.2 Å². The molecule has 0 aromatic rings. The Morgan fingerprint density at radius 3 is 2.92 bits per heavy atom. The maximum absolute atomic E-state index is 10.3. The summed E-state index contributed by atoms with van der Waals surface area (Å²) in [6.07, 6.45) is 1.61. The van der Waals surface area contributed by atoms with Crippen LogP contribution >= 0.6 is 12.2 Å². The monoisotopic (exact) mass is 202 g/mol. The smallest absolute Gasteiger partial charge is 0.207 e. The summed E-state index contributed by atoms with van der Waals surface area (Å²) in [5, 5.41) is 10.3. The molecule has 1 unspecified atom stereocenters. The number of piperidine rings is 1. The second-order valence-electron chi connectivity index (χ2n) is 3.35. The van der Waals surface area contributed by atoms with E-state index in [1.807, 2.05) is 0 Å². The predicted molar refractivity (Wildman–Crippen MR) is 54.4 cm³/mol. The largest absolute Gasteiger partial charge is 0.366 e. The van der Waals surface area contributed by atoms with E-state index in [9.17, 15) is 10.1 Å². The van der Waals surface area contributed by atoms with Crippen LogP contribution < -0.4 is 0 Å². The van der Waals surface area contributed by atoms with Gasteiger partial charge in [-0.05, 0) is 13.3 Å². The Morgan fingerprint density at radius 1 is 1.77 bits per heavy atom. The first-order valence-electron chi connectivity index (χ1n) is 4.53. The predicted octanol–water partition coefficient (Wildman–Crippen LogP) is 1.32. The SMILES string of the molecule is CCN1CCC(C[N+](=O)[O-])CC1=S. The average molecular weight is 202 g/mol. The van der Waals surface area contributed by atoms with Crippen molar-refractivity contribution in [2.75, 3.05) is 19.6 Å². The van der Waals surface area contributed by atoms with Crippen LogP contribution in [0, 0.1) is 16.0 Å². The van der Waals surface area contributed by atoms with Crippen LogP contribution in [-0.4, -0.2) is 34.4 Å². The number of thiocarbonyl (C=S) groups is 1. The minimum Gasteiger partial charge on any atom is -0.366 e. The number of hydrogen-bond donors (Lipinski definition) is 0. The lowest BCUT2D eigenvalue weighted by atomic mass is 9.97. The summed E-state index contributed by atoms with van der Waals surface area (Å²) in [6.45, 7) is 3.93. The van der Waals surface area contributed by atoms with Crippen molar-refractivity contribution in [2.24, 2.45) is 5.92 Å². The standard InChI is InChI=1S/C8H14N2O2S/c1-2-9-4-3-7(5-8(9)13)6-10(11)12/h7H,2-6H2,1H3. The molecule has 4 nitrogen and oxygen atoms in total. The van der Waals surface area contributed by atoms with E-state index < -0.39 is 0 Å². The molecule has 0 amide bonds. The molecule has 1 aliphatic heterocycles. The number of likely N-dealkylation sites (tertiary alicyclic amines) is 1. The van der Waals surface area contributed by atoms with Gasteiger partial charge in [-0.2, -0.15) is 0 Å². The van der Waals surface area contributed by atoms with Crippen LogP contribution in [0.2, 0.25) is 0 Å². The van der Waals surface area contributed by atoms with Crippen LogP contribution in [-0.2, 0) is 0 Å². The third-order valence-electron chi connectivity index (χ3n) is 2.41. The van der Waals surface area contributed by atoms with Gasteiger partial charge in [0.2, 0.25) is 6.54 Å². The van der Waals surface area contributed by atoms with Gasteiger partial charge in [0, 0.05) is 30.4 Å². The highest BCUT2D eigenvalue weighted by Crippen LogP contribution is 2.19. The number of nitro groups is 1. The molecule has 0 N–H and O–H groups in total. The van der Waals surface area contributed by atoms with Crippen molar-refractivity contribution in [3.05, 3.63) is 10.1 Å². The second-order valence-corrected chi connectivity index (χ2v) is 3.82. The summed E-state index contributed by atoms with van der Waals surface area (Å²) >= 11 is 5.16. The Balaban J connectivity index is 2.41. The Labute approximate surface area is 83.1 Å². The lowest BCUT2D eigenvalue weighted by Gasteiger charge is -2.31. The van der Waals surface area contributed by atoms with Gasteiger partial charge in [-0.25, -0.2) is 0 Å². The van der Waals surface area contributed by atoms with E-state index in [2.05, 4.69) is 11.8 Å². The van der Waals surface area contributed by atoms with Crippen molar-refractivity contribution in [1.29, 1.82) is 0 Å². The van der Waals surface area contributed by atoms with E-state index in [0.717, 1.165) is 24.5 Å². The molecule has 1 fully saturated rings. The molecule has 0 spiro atoms. The average Bonchev–Trinajstić information content (AvgIpc) is 2.03. The van der Waals surface area contributed by atoms with E-state index in [1.54, 1.807) is 0 Å². The van der Waals surface area contributed by atoms with Crippen molar-refractivity contribution in [2.45, 2.75) is 19.8 Å². The molecule has 0 aromatic heterocycles. The molecular weight excluding hydrogens is 188 g/mol. The molecule has 74 valence electrons. The van der Waals surface area contributed by atoms with Crippen LogP contribution in [0.15, 0.2) is 0 Å². The Morgan fingerprint density at radius 2 is 2.46 bits per heavy atom. The van der Waals surface area contributed by atoms with Crippen LogP contribution in [0.25, 0.3) is 0 Å². The molecule has 0 aromatic carbocycles. The Bertz CT molecular complexity index is 220. The number of rotatable bonds is 3. The van der Waals surface area contributed by atoms with Crippen molar-refractivity contribution in [1.82, 2.24) is 4.90 Å². The summed E-state index contributed by atoms with van der Waals surface area (Å²) in [7, 11) is 0. The van der Waals surface area contributed by atoms with E-state index in [-0.39, 0.29) is 17.4 Å². The highest BCUT2D eigenvalue weighted by Gasteiger charge is 2.25. The highest BCUT2D eigenvalue weighted by molar-refractivity contribution is 7.80. The first-order valence-corrected chi connectivity index (χ1v) is 4.94. The van der Waals surface area contributed by atoms with Gasteiger partial charge in [-0.3, -0.25) is 10.1 Å². The molecule has 1 aliphatic rings. The van der Waals surface area contributed by atoms with Gasteiger partial charge in [0.05, 0.1) is 4.99 Å². The van der Waals surface area contributed by atoms with E-state index >= 15 is 0 Å². The maximum atomic E-state index is 10.3. The fraction of sp³-hybridized carbons (Fsp3) is 0.875. The molecule has 1 heterocycles. The molecule has 0 aliphatic carbocycles. The third kappa shape index (κ3) is 2.91. The van der Waals surface area contributed by atoms with Gasteiger partial charge in [0.25, 0.3) is 0 Å². The van der Waals surface area contributed by atoms with Gasteiger partial charge in [0.15, 0.2) is 0 Å². The Hall–Kier alpha value is -0.710. The van der Waals surface area contributed by atoms with Crippen LogP contribution in [0.5, 0.6) is 0 Å². The fourth-order valence-corrected chi connectivity index (χ4v) is 2.10. The molecule has 1 atom stereocenters. The molecular formula is C8H14N2O2S. The molecule has 5 heteroatoms.